The molecular weight excluding hydrogens is 775 g/mol. The molecule has 0 saturated carbocycles. The number of anilines is 1. The number of phenols is 1. The van der Waals surface area contributed by atoms with Crippen molar-refractivity contribution in [2.45, 2.75) is 62.4 Å². The smallest absolute Gasteiger partial charge is 0.326 e. The van der Waals surface area contributed by atoms with Crippen molar-refractivity contribution in [3.63, 3.8) is 0 Å². The summed E-state index contributed by atoms with van der Waals surface area (Å²) in [5.41, 5.74) is 3.59. The van der Waals surface area contributed by atoms with Gasteiger partial charge in [0.15, 0.2) is 0 Å². The molecular formula is C44H43N5O9S. The van der Waals surface area contributed by atoms with Gasteiger partial charge in [0, 0.05) is 36.2 Å². The number of fused-ring (bicyclic) bond motifs is 18. The Balaban J connectivity index is 1.35. The van der Waals surface area contributed by atoms with Crippen molar-refractivity contribution in [3.05, 3.63) is 142 Å². The first-order valence-corrected chi connectivity index (χ1v) is 19.7. The summed E-state index contributed by atoms with van der Waals surface area (Å²) in [4.78, 5) is 81.9. The van der Waals surface area contributed by atoms with Gasteiger partial charge in [0.1, 0.15) is 36.0 Å². The number of carbonyl (C=O) groups is 6. The molecule has 304 valence electrons. The number of carboxylic acids is 1. The lowest BCUT2D eigenvalue weighted by atomic mass is 9.99. The Morgan fingerprint density at radius 2 is 1.24 bits per heavy atom. The van der Waals surface area contributed by atoms with Gasteiger partial charge in [-0.05, 0) is 63.5 Å². The average molecular weight is 818 g/mol. The van der Waals surface area contributed by atoms with Crippen LogP contribution in [0.5, 0.6) is 5.75 Å². The molecule has 59 heavy (non-hydrogen) atoms. The van der Waals surface area contributed by atoms with Crippen LogP contribution in [-0.2, 0) is 54.5 Å². The lowest BCUT2D eigenvalue weighted by Crippen LogP contribution is -2.59. The molecule has 0 aliphatic carbocycles. The highest BCUT2D eigenvalue weighted by Gasteiger charge is 2.33. The van der Waals surface area contributed by atoms with E-state index in [0.717, 1.165) is 16.0 Å². The van der Waals surface area contributed by atoms with Crippen LogP contribution >= 0.6 is 11.3 Å². The highest BCUT2D eigenvalue weighted by atomic mass is 32.1. The van der Waals surface area contributed by atoms with E-state index in [1.807, 2.05) is 6.07 Å². The minimum absolute atomic E-state index is 0.0161. The van der Waals surface area contributed by atoms with Crippen LogP contribution in [0.15, 0.2) is 121 Å². The van der Waals surface area contributed by atoms with Crippen molar-refractivity contribution in [2.24, 2.45) is 0 Å². The number of hydrogen-bond donors (Lipinski definition) is 8. The van der Waals surface area contributed by atoms with Gasteiger partial charge >= 0.3 is 5.97 Å². The minimum Gasteiger partial charge on any atom is -0.508 e. The molecule has 2 aliphatic rings. The topological polar surface area (TPSA) is 223 Å². The number of thiophene rings is 1. The van der Waals surface area contributed by atoms with Crippen LogP contribution in [0.2, 0.25) is 0 Å². The molecule has 2 aliphatic heterocycles. The van der Waals surface area contributed by atoms with E-state index in [-0.39, 0.29) is 37.1 Å². The number of amides is 5. The van der Waals surface area contributed by atoms with Crippen LogP contribution in [0, 0.1) is 0 Å². The molecule has 5 atom stereocenters. The van der Waals surface area contributed by atoms with Crippen LogP contribution in [0.3, 0.4) is 0 Å². The maximum absolute atomic E-state index is 14.4. The molecule has 0 unspecified atom stereocenters. The number of phenolic OH excluding ortho intramolecular Hbond substituents is 1. The van der Waals surface area contributed by atoms with Gasteiger partial charge < -0.3 is 41.9 Å². The van der Waals surface area contributed by atoms with Crippen molar-refractivity contribution in [1.82, 2.24) is 21.3 Å². The van der Waals surface area contributed by atoms with Crippen molar-refractivity contribution in [2.75, 3.05) is 5.32 Å². The maximum atomic E-state index is 14.4. The zero-order valence-corrected chi connectivity index (χ0v) is 32.5. The van der Waals surface area contributed by atoms with E-state index in [9.17, 15) is 44.1 Å². The Morgan fingerprint density at radius 3 is 1.85 bits per heavy atom. The molecule has 8 N–H and O–H groups in total. The fourth-order valence-corrected chi connectivity index (χ4v) is 7.34. The summed E-state index contributed by atoms with van der Waals surface area (Å²) in [5, 5.41) is 45.8. The van der Waals surface area contributed by atoms with Crippen molar-refractivity contribution >= 4 is 52.5 Å². The standard InChI is InChI=1S/C44H43N5O9S/c50-32-9-4-8-30(23-32)29-15-11-27(12-16-29)21-35-40(53)47-34(20-26-6-2-1-3-7-26)41(54)49-37(44(57)58)22-28-13-17-31(18-14-28)45-43(56)38(51)25-39(52)46-36(42(55)48-35)24-33-10-5-19-59-33/h1-19,23,34-38,50-51H,20-22,24-25H2,(H,45,56)(H,46,52)(H,47,53)(H,48,55)(H,49,54)(H,57,58)/t34-,35+,36-,37+,38-/m1/s1. The summed E-state index contributed by atoms with van der Waals surface area (Å²) in [7, 11) is 0. The summed E-state index contributed by atoms with van der Waals surface area (Å²) >= 11 is 1.34. The highest BCUT2D eigenvalue weighted by Crippen LogP contribution is 2.24. The second-order valence-corrected chi connectivity index (χ2v) is 15.2. The maximum Gasteiger partial charge on any atom is 0.326 e. The number of benzene rings is 4. The van der Waals surface area contributed by atoms with Crippen LogP contribution in [0.1, 0.15) is 28.0 Å². The number of carbonyl (C=O) groups excluding carboxylic acids is 5. The van der Waals surface area contributed by atoms with Gasteiger partial charge in [-0.15, -0.1) is 11.3 Å². The molecule has 0 radical (unpaired) electrons. The number of rotatable bonds is 8. The van der Waals surface area contributed by atoms with E-state index < -0.39 is 72.2 Å². The predicted octanol–water partition coefficient (Wildman–Crippen LogP) is 3.12. The molecule has 3 heterocycles. The van der Waals surface area contributed by atoms with Crippen molar-refractivity contribution < 1.29 is 44.1 Å². The zero-order valence-electron chi connectivity index (χ0n) is 31.7. The van der Waals surface area contributed by atoms with Gasteiger partial charge in [-0.3, -0.25) is 24.0 Å². The second kappa shape index (κ2) is 19.5. The van der Waals surface area contributed by atoms with E-state index in [4.69, 9.17) is 0 Å². The number of hydrogen-bond acceptors (Lipinski definition) is 9. The average Bonchev–Trinajstić information content (AvgIpc) is 3.74. The number of carboxylic acid groups (broad SMARTS) is 1. The third-order valence-corrected chi connectivity index (χ3v) is 10.6. The zero-order chi connectivity index (χ0) is 41.9. The summed E-state index contributed by atoms with van der Waals surface area (Å²) in [6.45, 7) is 0. The first-order valence-electron chi connectivity index (χ1n) is 18.9. The first-order chi connectivity index (χ1) is 28.4. The number of aliphatic carboxylic acids is 1. The van der Waals surface area contributed by atoms with Crippen LogP contribution < -0.4 is 26.6 Å². The third kappa shape index (κ3) is 11.8. The molecule has 14 nitrogen and oxygen atoms in total. The lowest BCUT2D eigenvalue weighted by molar-refractivity contribution is -0.142. The molecule has 2 bridgehead atoms. The fourth-order valence-electron chi connectivity index (χ4n) is 6.59. The summed E-state index contributed by atoms with van der Waals surface area (Å²) in [6, 6.07) is 27.0. The van der Waals surface area contributed by atoms with Crippen LogP contribution in [-0.4, -0.2) is 81.1 Å². The number of nitrogens with one attached hydrogen (secondary N) is 5. The van der Waals surface area contributed by atoms with Gasteiger partial charge in [0.2, 0.25) is 23.6 Å². The summed E-state index contributed by atoms with van der Waals surface area (Å²) in [5.74, 6) is -5.19. The van der Waals surface area contributed by atoms with Gasteiger partial charge in [-0.25, -0.2) is 4.79 Å². The number of aliphatic hydroxyl groups is 1. The van der Waals surface area contributed by atoms with Gasteiger partial charge in [-0.1, -0.05) is 84.9 Å². The third-order valence-electron chi connectivity index (χ3n) is 9.72. The van der Waals surface area contributed by atoms with Gasteiger partial charge in [0.05, 0.1) is 6.42 Å². The van der Waals surface area contributed by atoms with E-state index in [2.05, 4.69) is 26.6 Å². The van der Waals surface area contributed by atoms with Crippen molar-refractivity contribution in [1.29, 1.82) is 0 Å². The SMILES string of the molecule is O=C1C[C@@H](O)C(=O)Nc2ccc(cc2)C[C@@H](C(=O)O)NC(=O)[C@@H](Cc2ccccc2)NC(=O)[C@H](Cc2ccc(-c3cccc(O)c3)cc2)NC(=O)[C@@H](Cc2cccs2)N1. The van der Waals surface area contributed by atoms with E-state index >= 15 is 0 Å². The number of aliphatic hydroxyl groups excluding tert-OH is 1. The Kier molecular flexibility index (Phi) is 13.8. The second-order valence-electron chi connectivity index (χ2n) is 14.2. The largest absolute Gasteiger partial charge is 0.508 e. The van der Waals surface area contributed by atoms with E-state index in [1.54, 1.807) is 102 Å². The van der Waals surface area contributed by atoms with Crippen LogP contribution in [0.25, 0.3) is 11.1 Å². The summed E-state index contributed by atoms with van der Waals surface area (Å²) < 4.78 is 0. The van der Waals surface area contributed by atoms with E-state index in [1.165, 1.54) is 23.5 Å². The molecule has 4 aromatic carbocycles. The fraction of sp³-hybridized carbons (Fsp3) is 0.227. The molecule has 0 saturated heterocycles. The highest BCUT2D eigenvalue weighted by molar-refractivity contribution is 7.09. The molecule has 0 spiro atoms. The Labute approximate surface area is 343 Å². The Hall–Kier alpha value is -6.84. The Bertz CT molecular complexity index is 2270. The predicted molar refractivity (Wildman–Crippen MR) is 220 cm³/mol. The quantitative estimate of drug-likeness (QED) is 0.108. The monoisotopic (exact) mass is 817 g/mol. The van der Waals surface area contributed by atoms with Crippen LogP contribution in [0.4, 0.5) is 5.69 Å². The Morgan fingerprint density at radius 1 is 0.610 bits per heavy atom. The first kappa shape index (κ1) is 41.8. The molecule has 1 aromatic heterocycles. The van der Waals surface area contributed by atoms with Gasteiger partial charge in [-0.2, -0.15) is 0 Å². The molecule has 0 fully saturated rings. The molecule has 7 rings (SSSR count). The van der Waals surface area contributed by atoms with Crippen molar-refractivity contribution in [3.8, 4) is 16.9 Å². The minimum atomic E-state index is -1.79. The summed E-state index contributed by atoms with van der Waals surface area (Å²) in [6.07, 6.45) is -2.67. The lowest BCUT2D eigenvalue weighted by Gasteiger charge is -2.26. The molecule has 5 amide bonds. The van der Waals surface area contributed by atoms with E-state index in [0.29, 0.717) is 16.7 Å². The molecule has 15 heteroatoms. The number of aromatic hydroxyl groups is 1. The normalized spacial score (nSPS) is 20.9. The molecule has 5 aromatic rings. The van der Waals surface area contributed by atoms with Gasteiger partial charge in [0.25, 0.3) is 5.91 Å².